The number of aliphatic hydroxyl groups is 1. The molecule has 1 aromatic rings. The monoisotopic (exact) mass is 162 g/mol. The van der Waals surface area contributed by atoms with E-state index in [1.807, 2.05) is 18.2 Å². The largest absolute Gasteiger partial charge is 0.388 e. The Morgan fingerprint density at radius 1 is 1.33 bits per heavy atom. The molecular formula is C11H14O. The van der Waals surface area contributed by atoms with E-state index in [2.05, 4.69) is 19.9 Å². The number of aliphatic hydroxyl groups excluding tert-OH is 1. The summed E-state index contributed by atoms with van der Waals surface area (Å²) in [6.45, 7) is 4.37. The van der Waals surface area contributed by atoms with Crippen LogP contribution in [0.3, 0.4) is 0 Å². The van der Waals surface area contributed by atoms with Crippen molar-refractivity contribution in [3.8, 4) is 0 Å². The van der Waals surface area contributed by atoms with Crippen molar-refractivity contribution in [2.75, 3.05) is 0 Å². The van der Waals surface area contributed by atoms with Crippen LogP contribution in [0.1, 0.15) is 37.5 Å². The molecule has 0 amide bonds. The van der Waals surface area contributed by atoms with Crippen molar-refractivity contribution in [3.05, 3.63) is 35.4 Å². The topological polar surface area (TPSA) is 20.2 Å². The van der Waals surface area contributed by atoms with Gasteiger partial charge in [-0.1, -0.05) is 38.1 Å². The quantitative estimate of drug-likeness (QED) is 0.621. The molecule has 1 aliphatic carbocycles. The molecule has 0 aromatic heterocycles. The van der Waals surface area contributed by atoms with E-state index in [1.54, 1.807) is 0 Å². The number of rotatable bonds is 0. The molecule has 0 radical (unpaired) electrons. The zero-order valence-corrected chi connectivity index (χ0v) is 7.54. The molecule has 1 heteroatoms. The summed E-state index contributed by atoms with van der Waals surface area (Å²) in [6, 6.07) is 8.17. The van der Waals surface area contributed by atoms with Crippen molar-refractivity contribution in [2.24, 2.45) is 0 Å². The molecule has 0 unspecified atom stereocenters. The summed E-state index contributed by atoms with van der Waals surface area (Å²) in [4.78, 5) is 0. The lowest BCUT2D eigenvalue weighted by molar-refractivity contribution is 0.161. The van der Waals surface area contributed by atoms with E-state index in [4.69, 9.17) is 0 Å². The highest BCUT2D eigenvalue weighted by atomic mass is 16.3. The van der Waals surface area contributed by atoms with Crippen LogP contribution < -0.4 is 0 Å². The summed E-state index contributed by atoms with van der Waals surface area (Å²) in [5.74, 6) is 0. The van der Waals surface area contributed by atoms with Gasteiger partial charge in [-0.25, -0.2) is 0 Å². The Hall–Kier alpha value is -0.820. The van der Waals surface area contributed by atoms with E-state index in [0.717, 1.165) is 12.0 Å². The van der Waals surface area contributed by atoms with Crippen molar-refractivity contribution in [1.29, 1.82) is 0 Å². The molecule has 1 aliphatic rings. The second-order valence-corrected chi connectivity index (χ2v) is 4.19. The van der Waals surface area contributed by atoms with Crippen molar-refractivity contribution < 1.29 is 5.11 Å². The average Bonchev–Trinajstić information content (AvgIpc) is 2.25. The lowest BCUT2D eigenvalue weighted by Crippen LogP contribution is -2.11. The molecule has 0 fully saturated rings. The Morgan fingerprint density at radius 3 is 2.67 bits per heavy atom. The Morgan fingerprint density at radius 2 is 2.00 bits per heavy atom. The van der Waals surface area contributed by atoms with E-state index in [9.17, 15) is 5.11 Å². The minimum absolute atomic E-state index is 0.149. The van der Waals surface area contributed by atoms with E-state index in [1.165, 1.54) is 5.56 Å². The summed E-state index contributed by atoms with van der Waals surface area (Å²) in [5.41, 5.74) is 2.57. The van der Waals surface area contributed by atoms with Gasteiger partial charge in [0, 0.05) is 0 Å². The molecule has 0 saturated carbocycles. The molecular weight excluding hydrogens is 148 g/mol. The highest BCUT2D eigenvalue weighted by Crippen LogP contribution is 2.43. The molecule has 1 atom stereocenters. The molecule has 1 N–H and O–H groups in total. The zero-order valence-electron chi connectivity index (χ0n) is 7.54. The Balaban J connectivity index is 2.58. The number of fused-ring (bicyclic) bond motifs is 1. The van der Waals surface area contributed by atoms with Crippen molar-refractivity contribution in [3.63, 3.8) is 0 Å². The molecule has 2 rings (SSSR count). The first-order chi connectivity index (χ1) is 5.61. The maximum absolute atomic E-state index is 9.72. The second kappa shape index (κ2) is 2.33. The number of hydrogen-bond acceptors (Lipinski definition) is 1. The van der Waals surface area contributed by atoms with Crippen LogP contribution in [-0.2, 0) is 5.41 Å². The van der Waals surface area contributed by atoms with Gasteiger partial charge in [-0.3, -0.25) is 0 Å². The molecule has 0 saturated heterocycles. The first-order valence-corrected chi connectivity index (χ1v) is 4.39. The second-order valence-electron chi connectivity index (χ2n) is 4.19. The standard InChI is InChI=1S/C11H14O/c1-11(2)7-10(12)8-5-3-4-6-9(8)11/h3-6,10,12H,7H2,1-2H3/t10-/m1/s1. The van der Waals surface area contributed by atoms with E-state index in [-0.39, 0.29) is 11.5 Å². The van der Waals surface area contributed by atoms with Crippen LogP contribution in [0.5, 0.6) is 0 Å². The molecule has 64 valence electrons. The van der Waals surface area contributed by atoms with E-state index < -0.39 is 0 Å². The summed E-state index contributed by atoms with van der Waals surface area (Å²) in [7, 11) is 0. The minimum Gasteiger partial charge on any atom is -0.388 e. The van der Waals surface area contributed by atoms with Crippen molar-refractivity contribution in [1.82, 2.24) is 0 Å². The van der Waals surface area contributed by atoms with Crippen LogP contribution in [0.25, 0.3) is 0 Å². The molecule has 0 bridgehead atoms. The van der Waals surface area contributed by atoms with Gasteiger partial charge in [-0.05, 0) is 23.0 Å². The predicted octanol–water partition coefficient (Wildman–Crippen LogP) is 2.40. The number of hydrogen-bond donors (Lipinski definition) is 1. The first-order valence-electron chi connectivity index (χ1n) is 4.39. The summed E-state index contributed by atoms with van der Waals surface area (Å²) in [6.07, 6.45) is 0.600. The van der Waals surface area contributed by atoms with Crippen LogP contribution in [0, 0.1) is 0 Å². The highest BCUT2D eigenvalue weighted by Gasteiger charge is 2.34. The van der Waals surface area contributed by atoms with Crippen LogP contribution in [0.2, 0.25) is 0 Å². The van der Waals surface area contributed by atoms with Crippen molar-refractivity contribution >= 4 is 0 Å². The van der Waals surface area contributed by atoms with Gasteiger partial charge in [0.15, 0.2) is 0 Å². The van der Waals surface area contributed by atoms with Crippen molar-refractivity contribution in [2.45, 2.75) is 31.8 Å². The summed E-state index contributed by atoms with van der Waals surface area (Å²) < 4.78 is 0. The number of benzene rings is 1. The van der Waals surface area contributed by atoms with Crippen LogP contribution in [-0.4, -0.2) is 5.11 Å². The van der Waals surface area contributed by atoms with E-state index in [0.29, 0.717) is 0 Å². The molecule has 1 aromatic carbocycles. The molecule has 0 aliphatic heterocycles. The predicted molar refractivity (Wildman–Crippen MR) is 49.0 cm³/mol. The van der Waals surface area contributed by atoms with E-state index >= 15 is 0 Å². The normalized spacial score (nSPS) is 25.4. The average molecular weight is 162 g/mol. The van der Waals surface area contributed by atoms with Gasteiger partial charge in [0.1, 0.15) is 0 Å². The highest BCUT2D eigenvalue weighted by molar-refractivity contribution is 5.39. The maximum atomic E-state index is 9.72. The first kappa shape index (κ1) is 7.81. The van der Waals surface area contributed by atoms with Gasteiger partial charge < -0.3 is 5.11 Å². The Labute approximate surface area is 73.0 Å². The van der Waals surface area contributed by atoms with Crippen LogP contribution in [0.4, 0.5) is 0 Å². The third kappa shape index (κ3) is 0.969. The Bertz CT molecular complexity index is 302. The van der Waals surface area contributed by atoms with Crippen LogP contribution >= 0.6 is 0 Å². The fourth-order valence-corrected chi connectivity index (χ4v) is 2.11. The SMILES string of the molecule is CC1(C)C[C@@H](O)c2ccccc21. The fourth-order valence-electron chi connectivity index (χ4n) is 2.11. The molecule has 1 nitrogen and oxygen atoms in total. The van der Waals surface area contributed by atoms with Gasteiger partial charge in [-0.15, -0.1) is 0 Å². The van der Waals surface area contributed by atoms with Crippen LogP contribution in [0.15, 0.2) is 24.3 Å². The summed E-state index contributed by atoms with van der Waals surface area (Å²) in [5, 5.41) is 9.72. The zero-order chi connectivity index (χ0) is 8.77. The lowest BCUT2D eigenvalue weighted by Gasteiger charge is -2.17. The molecule has 0 spiro atoms. The summed E-state index contributed by atoms with van der Waals surface area (Å²) >= 11 is 0. The van der Waals surface area contributed by atoms with Gasteiger partial charge in [0.05, 0.1) is 6.10 Å². The third-order valence-corrected chi connectivity index (χ3v) is 2.75. The lowest BCUT2D eigenvalue weighted by atomic mass is 9.87. The third-order valence-electron chi connectivity index (χ3n) is 2.75. The Kier molecular flexibility index (Phi) is 1.52. The van der Waals surface area contributed by atoms with Gasteiger partial charge in [-0.2, -0.15) is 0 Å². The molecule has 0 heterocycles. The van der Waals surface area contributed by atoms with Gasteiger partial charge in [0.2, 0.25) is 0 Å². The molecule has 12 heavy (non-hydrogen) atoms. The maximum Gasteiger partial charge on any atom is 0.0801 e. The minimum atomic E-state index is -0.254. The smallest absolute Gasteiger partial charge is 0.0801 e. The van der Waals surface area contributed by atoms with Gasteiger partial charge >= 0.3 is 0 Å². The van der Waals surface area contributed by atoms with Gasteiger partial charge in [0.25, 0.3) is 0 Å². The fraction of sp³-hybridized carbons (Fsp3) is 0.455.